The van der Waals surface area contributed by atoms with Crippen LogP contribution < -0.4 is 0 Å². The maximum absolute atomic E-state index is 4.56. The van der Waals surface area contributed by atoms with Crippen LogP contribution in [0.5, 0.6) is 0 Å². The third kappa shape index (κ3) is 5.48. The average Bonchev–Trinajstić information content (AvgIpc) is 2.87. The number of aromatic nitrogens is 2. The molecule has 0 bridgehead atoms. The van der Waals surface area contributed by atoms with Crippen LogP contribution in [0.3, 0.4) is 0 Å². The van der Waals surface area contributed by atoms with Gasteiger partial charge in [-0.25, -0.2) is 0 Å². The van der Waals surface area contributed by atoms with Crippen LogP contribution in [0, 0.1) is 17.8 Å². The molecule has 2 atom stereocenters. The van der Waals surface area contributed by atoms with Gasteiger partial charge in [0.05, 0.1) is 6.20 Å². The summed E-state index contributed by atoms with van der Waals surface area (Å²) in [4.78, 5) is 0. The lowest BCUT2D eigenvalue weighted by Crippen LogP contribution is -2.20. The normalized spacial score (nSPS) is 23.1. The van der Waals surface area contributed by atoms with Gasteiger partial charge in [0.1, 0.15) is 0 Å². The predicted octanol–water partition coefficient (Wildman–Crippen LogP) is 5.64. The summed E-state index contributed by atoms with van der Waals surface area (Å²) in [7, 11) is 0. The van der Waals surface area contributed by atoms with Gasteiger partial charge in [0.25, 0.3) is 0 Å². The van der Waals surface area contributed by atoms with E-state index in [0.717, 1.165) is 24.3 Å². The van der Waals surface area contributed by atoms with Crippen molar-refractivity contribution < 1.29 is 0 Å². The summed E-state index contributed by atoms with van der Waals surface area (Å²) in [6.45, 7) is 10.3. The van der Waals surface area contributed by atoms with Crippen LogP contribution >= 0.6 is 0 Å². The van der Waals surface area contributed by atoms with Crippen molar-refractivity contribution in [1.29, 1.82) is 0 Å². The molecule has 21 heavy (non-hydrogen) atoms. The molecule has 1 aromatic heterocycles. The first-order valence-corrected chi connectivity index (χ1v) is 9.07. The zero-order valence-electron chi connectivity index (χ0n) is 14.5. The Morgan fingerprint density at radius 1 is 1.19 bits per heavy atom. The van der Waals surface area contributed by atoms with Gasteiger partial charge in [-0.3, -0.25) is 4.68 Å². The van der Waals surface area contributed by atoms with Crippen molar-refractivity contribution in [2.24, 2.45) is 17.8 Å². The standard InChI is InChI=1S/C19H34N2/c1-15(2)7-5-8-17-9-6-10-18(11-17)13-21-14-19(12-20-21)16(3)4/h12,14-18H,5-11,13H2,1-4H3/t17?,18-/m1/s1. The monoisotopic (exact) mass is 290 g/mol. The highest BCUT2D eigenvalue weighted by Crippen LogP contribution is 2.33. The van der Waals surface area contributed by atoms with E-state index in [4.69, 9.17) is 0 Å². The number of nitrogens with zero attached hydrogens (tertiary/aromatic N) is 2. The largest absolute Gasteiger partial charge is 0.272 e. The molecule has 1 fully saturated rings. The Hall–Kier alpha value is -0.790. The Kier molecular flexibility index (Phi) is 6.32. The molecule has 0 saturated heterocycles. The van der Waals surface area contributed by atoms with E-state index in [9.17, 15) is 0 Å². The lowest BCUT2D eigenvalue weighted by molar-refractivity contribution is 0.222. The van der Waals surface area contributed by atoms with Crippen molar-refractivity contribution >= 4 is 0 Å². The quantitative estimate of drug-likeness (QED) is 0.635. The van der Waals surface area contributed by atoms with Gasteiger partial charge in [0.2, 0.25) is 0 Å². The molecule has 0 radical (unpaired) electrons. The van der Waals surface area contributed by atoms with E-state index < -0.39 is 0 Å². The predicted molar refractivity (Wildman–Crippen MR) is 90.5 cm³/mol. The van der Waals surface area contributed by atoms with E-state index in [-0.39, 0.29) is 0 Å². The maximum atomic E-state index is 4.56. The van der Waals surface area contributed by atoms with Crippen molar-refractivity contribution in [3.63, 3.8) is 0 Å². The Bertz CT molecular complexity index is 405. The molecule has 0 aromatic carbocycles. The van der Waals surface area contributed by atoms with Gasteiger partial charge < -0.3 is 0 Å². The summed E-state index contributed by atoms with van der Waals surface area (Å²) < 4.78 is 2.19. The fraction of sp³-hybridized carbons (Fsp3) is 0.842. The van der Waals surface area contributed by atoms with Gasteiger partial charge in [0, 0.05) is 12.7 Å². The molecule has 1 unspecified atom stereocenters. The highest BCUT2D eigenvalue weighted by Gasteiger charge is 2.22. The molecule has 1 saturated carbocycles. The summed E-state index contributed by atoms with van der Waals surface area (Å²) >= 11 is 0. The Morgan fingerprint density at radius 3 is 2.62 bits per heavy atom. The third-order valence-electron chi connectivity index (χ3n) is 5.05. The van der Waals surface area contributed by atoms with E-state index in [0.29, 0.717) is 5.92 Å². The fourth-order valence-corrected chi connectivity index (χ4v) is 3.69. The minimum absolute atomic E-state index is 0.592. The van der Waals surface area contributed by atoms with Crippen molar-refractivity contribution in [3.05, 3.63) is 18.0 Å². The Labute approximate surface area is 131 Å². The Balaban J connectivity index is 1.77. The van der Waals surface area contributed by atoms with E-state index >= 15 is 0 Å². The second kappa shape index (κ2) is 8.00. The molecule has 1 aromatic rings. The summed E-state index contributed by atoms with van der Waals surface area (Å²) in [6.07, 6.45) is 14.3. The van der Waals surface area contributed by atoms with Crippen LogP contribution in [0.2, 0.25) is 0 Å². The lowest BCUT2D eigenvalue weighted by atomic mass is 9.79. The number of hydrogen-bond donors (Lipinski definition) is 0. The summed E-state index contributed by atoms with van der Waals surface area (Å²) in [5, 5.41) is 4.56. The van der Waals surface area contributed by atoms with Crippen molar-refractivity contribution in [3.8, 4) is 0 Å². The molecule has 1 heterocycles. The zero-order chi connectivity index (χ0) is 15.2. The topological polar surface area (TPSA) is 17.8 Å². The van der Waals surface area contributed by atoms with Gasteiger partial charge >= 0.3 is 0 Å². The maximum Gasteiger partial charge on any atom is 0.0524 e. The van der Waals surface area contributed by atoms with Crippen LogP contribution in [-0.4, -0.2) is 9.78 Å². The second-order valence-electron chi connectivity index (χ2n) is 7.87. The fourth-order valence-electron chi connectivity index (χ4n) is 3.69. The van der Waals surface area contributed by atoms with Crippen LogP contribution in [0.1, 0.15) is 84.1 Å². The molecular weight excluding hydrogens is 256 g/mol. The van der Waals surface area contributed by atoms with Crippen LogP contribution in [0.25, 0.3) is 0 Å². The molecule has 1 aliphatic rings. The van der Waals surface area contributed by atoms with E-state index in [1.165, 1.54) is 50.5 Å². The van der Waals surface area contributed by atoms with Gasteiger partial charge in [-0.15, -0.1) is 0 Å². The first-order valence-electron chi connectivity index (χ1n) is 9.07. The molecule has 0 spiro atoms. The van der Waals surface area contributed by atoms with Crippen LogP contribution in [0.4, 0.5) is 0 Å². The molecular formula is C19H34N2. The van der Waals surface area contributed by atoms with E-state index in [1.807, 2.05) is 6.20 Å². The van der Waals surface area contributed by atoms with Gasteiger partial charge in [-0.2, -0.15) is 5.10 Å². The average molecular weight is 290 g/mol. The molecule has 2 heteroatoms. The summed E-state index contributed by atoms with van der Waals surface area (Å²) in [5.41, 5.74) is 1.37. The molecule has 0 amide bonds. The zero-order valence-corrected chi connectivity index (χ0v) is 14.5. The van der Waals surface area contributed by atoms with Gasteiger partial charge in [0.15, 0.2) is 0 Å². The molecule has 2 nitrogen and oxygen atoms in total. The van der Waals surface area contributed by atoms with Crippen molar-refractivity contribution in [1.82, 2.24) is 9.78 Å². The first-order chi connectivity index (χ1) is 10.0. The second-order valence-corrected chi connectivity index (χ2v) is 7.87. The minimum Gasteiger partial charge on any atom is -0.272 e. The van der Waals surface area contributed by atoms with Crippen LogP contribution in [0.15, 0.2) is 12.4 Å². The molecule has 2 rings (SSSR count). The highest BCUT2D eigenvalue weighted by atomic mass is 15.3. The van der Waals surface area contributed by atoms with Crippen LogP contribution in [-0.2, 0) is 6.54 Å². The Morgan fingerprint density at radius 2 is 1.95 bits per heavy atom. The number of rotatable bonds is 7. The first kappa shape index (κ1) is 16.6. The summed E-state index contributed by atoms with van der Waals surface area (Å²) in [5.74, 6) is 3.28. The molecule has 0 N–H and O–H groups in total. The van der Waals surface area contributed by atoms with Crippen molar-refractivity contribution in [2.75, 3.05) is 0 Å². The molecule has 0 aliphatic heterocycles. The SMILES string of the molecule is CC(C)CCCC1CCC[C@@H](Cn2cc(C(C)C)cn2)C1. The number of hydrogen-bond acceptors (Lipinski definition) is 1. The van der Waals surface area contributed by atoms with Crippen molar-refractivity contribution in [2.45, 2.75) is 85.1 Å². The summed E-state index contributed by atoms with van der Waals surface area (Å²) in [6, 6.07) is 0. The smallest absolute Gasteiger partial charge is 0.0524 e. The van der Waals surface area contributed by atoms with Gasteiger partial charge in [-0.1, -0.05) is 59.8 Å². The third-order valence-corrected chi connectivity index (χ3v) is 5.05. The molecule has 1 aliphatic carbocycles. The van der Waals surface area contributed by atoms with Gasteiger partial charge in [-0.05, 0) is 42.1 Å². The van der Waals surface area contributed by atoms with E-state index in [1.54, 1.807) is 0 Å². The molecule has 120 valence electrons. The van der Waals surface area contributed by atoms with E-state index in [2.05, 4.69) is 43.7 Å². The minimum atomic E-state index is 0.592. The lowest BCUT2D eigenvalue weighted by Gasteiger charge is -2.29. The highest BCUT2D eigenvalue weighted by molar-refractivity contribution is 5.08.